The van der Waals surface area contributed by atoms with E-state index in [2.05, 4.69) is 26.6 Å². The van der Waals surface area contributed by atoms with Crippen molar-refractivity contribution in [3.63, 3.8) is 0 Å². The van der Waals surface area contributed by atoms with E-state index in [0.29, 0.717) is 38.1 Å². The van der Waals surface area contributed by atoms with Crippen LogP contribution in [0.15, 0.2) is 46.9 Å². The standard InChI is InChI=1S/C21H25BrN2O3/c1-15-6-3-9-19(16(15)2)27-13-10-20(25)23-11-5-12-24-21(26)17-7-4-8-18(22)14-17/h3-4,6-9,14H,5,10-13H2,1-2H3,(H,23,25)(H,24,26). The van der Waals surface area contributed by atoms with Crippen LogP contribution in [0.25, 0.3) is 0 Å². The molecular formula is C21H25BrN2O3. The highest BCUT2D eigenvalue weighted by Crippen LogP contribution is 2.20. The van der Waals surface area contributed by atoms with Gasteiger partial charge >= 0.3 is 0 Å². The molecule has 2 rings (SSSR count). The first-order valence-electron chi connectivity index (χ1n) is 8.97. The molecule has 0 saturated carbocycles. The number of hydrogen-bond acceptors (Lipinski definition) is 3. The Morgan fingerprint density at radius 2 is 1.78 bits per heavy atom. The first-order valence-corrected chi connectivity index (χ1v) is 9.76. The molecule has 5 nitrogen and oxygen atoms in total. The van der Waals surface area contributed by atoms with Crippen LogP contribution in [0.5, 0.6) is 5.75 Å². The van der Waals surface area contributed by atoms with Crippen LogP contribution in [0.3, 0.4) is 0 Å². The molecule has 0 aliphatic heterocycles. The number of amides is 2. The highest BCUT2D eigenvalue weighted by atomic mass is 79.9. The molecule has 2 N–H and O–H groups in total. The number of nitrogens with one attached hydrogen (secondary N) is 2. The second-order valence-electron chi connectivity index (χ2n) is 6.27. The minimum Gasteiger partial charge on any atom is -0.493 e. The zero-order valence-electron chi connectivity index (χ0n) is 15.7. The van der Waals surface area contributed by atoms with Crippen LogP contribution in [0.2, 0.25) is 0 Å². The molecule has 0 heterocycles. The maximum Gasteiger partial charge on any atom is 0.251 e. The van der Waals surface area contributed by atoms with Crippen LogP contribution in [-0.2, 0) is 4.79 Å². The summed E-state index contributed by atoms with van der Waals surface area (Å²) in [5, 5.41) is 5.68. The SMILES string of the molecule is Cc1cccc(OCCC(=O)NCCCNC(=O)c2cccc(Br)c2)c1C. The topological polar surface area (TPSA) is 67.4 Å². The first-order chi connectivity index (χ1) is 13.0. The van der Waals surface area contributed by atoms with E-state index in [4.69, 9.17) is 4.74 Å². The largest absolute Gasteiger partial charge is 0.493 e. The number of benzene rings is 2. The summed E-state index contributed by atoms with van der Waals surface area (Å²) in [6, 6.07) is 13.1. The van der Waals surface area contributed by atoms with Gasteiger partial charge in [-0.3, -0.25) is 9.59 Å². The average Bonchev–Trinajstić information content (AvgIpc) is 2.64. The van der Waals surface area contributed by atoms with Crippen LogP contribution < -0.4 is 15.4 Å². The quantitative estimate of drug-likeness (QED) is 0.592. The van der Waals surface area contributed by atoms with Gasteiger partial charge in [-0.1, -0.05) is 34.1 Å². The van der Waals surface area contributed by atoms with Crippen molar-refractivity contribution < 1.29 is 14.3 Å². The Morgan fingerprint density at radius 3 is 2.56 bits per heavy atom. The van der Waals surface area contributed by atoms with E-state index < -0.39 is 0 Å². The molecule has 27 heavy (non-hydrogen) atoms. The van der Waals surface area contributed by atoms with E-state index in [1.165, 1.54) is 5.56 Å². The number of hydrogen-bond donors (Lipinski definition) is 2. The van der Waals surface area contributed by atoms with E-state index in [-0.39, 0.29) is 11.8 Å². The molecule has 2 aromatic carbocycles. The van der Waals surface area contributed by atoms with E-state index in [0.717, 1.165) is 15.8 Å². The summed E-state index contributed by atoms with van der Waals surface area (Å²) >= 11 is 3.34. The van der Waals surface area contributed by atoms with Gasteiger partial charge in [0.25, 0.3) is 5.91 Å². The lowest BCUT2D eigenvalue weighted by atomic mass is 10.1. The molecule has 0 aliphatic carbocycles. The fourth-order valence-corrected chi connectivity index (χ4v) is 2.87. The second kappa shape index (κ2) is 10.7. The summed E-state index contributed by atoms with van der Waals surface area (Å²) in [4.78, 5) is 23.8. The number of ether oxygens (including phenoxy) is 1. The van der Waals surface area contributed by atoms with Crippen LogP contribution >= 0.6 is 15.9 Å². The number of halogens is 1. The lowest BCUT2D eigenvalue weighted by molar-refractivity contribution is -0.121. The van der Waals surface area contributed by atoms with Gasteiger partial charge in [0, 0.05) is 23.1 Å². The molecule has 0 radical (unpaired) electrons. The minimum absolute atomic E-state index is 0.0568. The molecule has 2 amide bonds. The fourth-order valence-electron chi connectivity index (χ4n) is 2.47. The molecule has 0 spiro atoms. The summed E-state index contributed by atoms with van der Waals surface area (Å²) in [7, 11) is 0. The molecule has 144 valence electrons. The molecule has 0 atom stereocenters. The van der Waals surface area contributed by atoms with Gasteiger partial charge in [0.05, 0.1) is 13.0 Å². The maximum atomic E-state index is 12.0. The Balaban J connectivity index is 1.58. The van der Waals surface area contributed by atoms with Gasteiger partial charge in [-0.15, -0.1) is 0 Å². The monoisotopic (exact) mass is 432 g/mol. The third-order valence-electron chi connectivity index (χ3n) is 4.19. The van der Waals surface area contributed by atoms with Crippen molar-refractivity contribution in [3.8, 4) is 5.75 Å². The van der Waals surface area contributed by atoms with Crippen LogP contribution in [0, 0.1) is 13.8 Å². The Bertz CT molecular complexity index is 793. The van der Waals surface area contributed by atoms with Crippen molar-refractivity contribution in [3.05, 3.63) is 63.6 Å². The van der Waals surface area contributed by atoms with Crippen molar-refractivity contribution in [1.82, 2.24) is 10.6 Å². The minimum atomic E-state index is -0.121. The van der Waals surface area contributed by atoms with Gasteiger partial charge in [-0.25, -0.2) is 0 Å². The molecule has 2 aromatic rings. The molecule has 0 fully saturated rings. The normalized spacial score (nSPS) is 10.3. The Morgan fingerprint density at radius 1 is 1.04 bits per heavy atom. The van der Waals surface area contributed by atoms with Gasteiger partial charge in [0.15, 0.2) is 0 Å². The smallest absolute Gasteiger partial charge is 0.251 e. The zero-order chi connectivity index (χ0) is 19.6. The van der Waals surface area contributed by atoms with Gasteiger partial charge in [0.2, 0.25) is 5.91 Å². The second-order valence-corrected chi connectivity index (χ2v) is 7.18. The van der Waals surface area contributed by atoms with Crippen molar-refractivity contribution in [1.29, 1.82) is 0 Å². The number of carbonyl (C=O) groups is 2. The van der Waals surface area contributed by atoms with Gasteiger partial charge < -0.3 is 15.4 Å². The third-order valence-corrected chi connectivity index (χ3v) is 4.68. The number of rotatable bonds is 9. The van der Waals surface area contributed by atoms with E-state index in [9.17, 15) is 9.59 Å². The highest BCUT2D eigenvalue weighted by Gasteiger charge is 2.06. The average molecular weight is 433 g/mol. The lowest BCUT2D eigenvalue weighted by Crippen LogP contribution is -2.30. The van der Waals surface area contributed by atoms with Crippen molar-refractivity contribution in [2.45, 2.75) is 26.7 Å². The Kier molecular flexibility index (Phi) is 8.33. The molecule has 6 heteroatoms. The zero-order valence-corrected chi connectivity index (χ0v) is 17.3. The predicted octanol–water partition coefficient (Wildman–Crippen LogP) is 3.77. The van der Waals surface area contributed by atoms with Crippen LogP contribution in [-0.4, -0.2) is 31.5 Å². The highest BCUT2D eigenvalue weighted by molar-refractivity contribution is 9.10. The fraction of sp³-hybridized carbons (Fsp3) is 0.333. The van der Waals surface area contributed by atoms with Gasteiger partial charge in [0.1, 0.15) is 5.75 Å². The third kappa shape index (κ3) is 7.06. The Labute approximate surface area is 168 Å². The van der Waals surface area contributed by atoms with E-state index >= 15 is 0 Å². The van der Waals surface area contributed by atoms with Gasteiger partial charge in [-0.2, -0.15) is 0 Å². The van der Waals surface area contributed by atoms with E-state index in [1.807, 2.05) is 44.2 Å². The lowest BCUT2D eigenvalue weighted by Gasteiger charge is -2.11. The maximum absolute atomic E-state index is 12.0. The summed E-state index contributed by atoms with van der Waals surface area (Å²) in [6.45, 7) is 5.40. The summed E-state index contributed by atoms with van der Waals surface area (Å²) in [5.74, 6) is 0.640. The number of aryl methyl sites for hydroxylation is 1. The van der Waals surface area contributed by atoms with Crippen molar-refractivity contribution in [2.75, 3.05) is 19.7 Å². The molecule has 0 unspecified atom stereocenters. The van der Waals surface area contributed by atoms with Crippen LogP contribution in [0.4, 0.5) is 0 Å². The van der Waals surface area contributed by atoms with Gasteiger partial charge in [-0.05, 0) is 55.7 Å². The van der Waals surface area contributed by atoms with Crippen molar-refractivity contribution >= 4 is 27.7 Å². The predicted molar refractivity (Wildman–Crippen MR) is 110 cm³/mol. The molecule has 0 aliphatic rings. The Hall–Kier alpha value is -2.34. The van der Waals surface area contributed by atoms with Crippen molar-refractivity contribution in [2.24, 2.45) is 0 Å². The summed E-state index contributed by atoms with van der Waals surface area (Å²) in [6.07, 6.45) is 0.973. The molecular weight excluding hydrogens is 408 g/mol. The molecule has 0 aromatic heterocycles. The first kappa shape index (κ1) is 21.0. The number of carbonyl (C=O) groups excluding carboxylic acids is 2. The summed E-state index contributed by atoms with van der Waals surface area (Å²) in [5.41, 5.74) is 2.87. The van der Waals surface area contributed by atoms with Crippen LogP contribution in [0.1, 0.15) is 34.3 Å². The summed E-state index contributed by atoms with van der Waals surface area (Å²) < 4.78 is 6.55. The van der Waals surface area contributed by atoms with E-state index in [1.54, 1.807) is 12.1 Å². The molecule has 0 bridgehead atoms. The molecule has 0 saturated heterocycles.